The standard InChI is InChI=1S/C26H37N5O5/c1-6-36-24(32)13-14-31(25(33)27-17-20-9-7-19(4)8-10-20)26(34)29-30-28-22-12-11-21(15-18(2)3)23(16-22)35-5/h7-12,16,18,28,30H,6,13-15,17H2,1-5H3,(H,27,33)(H,29,34). The molecule has 2 aromatic rings. The van der Waals surface area contributed by atoms with Crippen LogP contribution in [0.5, 0.6) is 5.75 Å². The van der Waals surface area contributed by atoms with Gasteiger partial charge in [-0.05, 0) is 43.4 Å². The molecule has 0 saturated heterocycles. The van der Waals surface area contributed by atoms with Gasteiger partial charge in [0, 0.05) is 19.2 Å². The first-order valence-electron chi connectivity index (χ1n) is 12.0. The van der Waals surface area contributed by atoms with Crippen LogP contribution in [0.25, 0.3) is 0 Å². The maximum Gasteiger partial charge on any atom is 0.341 e. The molecule has 4 N–H and O–H groups in total. The Morgan fingerprint density at radius 3 is 2.39 bits per heavy atom. The summed E-state index contributed by atoms with van der Waals surface area (Å²) in [7, 11) is 1.61. The first kappa shape index (κ1) is 28.4. The van der Waals surface area contributed by atoms with E-state index in [0.717, 1.165) is 33.8 Å². The fourth-order valence-corrected chi connectivity index (χ4v) is 3.37. The van der Waals surface area contributed by atoms with Crippen molar-refractivity contribution in [2.24, 2.45) is 5.92 Å². The van der Waals surface area contributed by atoms with Crippen molar-refractivity contribution in [2.75, 3.05) is 25.7 Å². The number of benzene rings is 2. The molecule has 2 aromatic carbocycles. The van der Waals surface area contributed by atoms with Crippen molar-refractivity contribution in [3.8, 4) is 5.75 Å². The number of nitrogens with one attached hydrogen (secondary N) is 4. The van der Waals surface area contributed by atoms with E-state index in [1.807, 2.05) is 49.4 Å². The van der Waals surface area contributed by atoms with E-state index in [0.29, 0.717) is 11.6 Å². The highest BCUT2D eigenvalue weighted by Crippen LogP contribution is 2.25. The smallest absolute Gasteiger partial charge is 0.341 e. The number of imide groups is 1. The molecule has 0 bridgehead atoms. The van der Waals surface area contributed by atoms with Gasteiger partial charge in [-0.1, -0.05) is 49.7 Å². The van der Waals surface area contributed by atoms with Crippen LogP contribution >= 0.6 is 0 Å². The Morgan fingerprint density at radius 2 is 1.75 bits per heavy atom. The fourth-order valence-electron chi connectivity index (χ4n) is 3.37. The number of carbonyl (C=O) groups excluding carboxylic acids is 3. The number of amides is 4. The molecule has 0 aromatic heterocycles. The van der Waals surface area contributed by atoms with E-state index >= 15 is 0 Å². The number of carbonyl (C=O) groups is 3. The first-order chi connectivity index (χ1) is 17.2. The second-order valence-corrected chi connectivity index (χ2v) is 8.66. The van der Waals surface area contributed by atoms with Crippen molar-refractivity contribution >= 4 is 23.7 Å². The lowest BCUT2D eigenvalue weighted by Crippen LogP contribution is -2.53. The minimum Gasteiger partial charge on any atom is -0.496 e. The number of aryl methyl sites for hydroxylation is 1. The van der Waals surface area contributed by atoms with Crippen molar-refractivity contribution in [3.63, 3.8) is 0 Å². The monoisotopic (exact) mass is 499 g/mol. The van der Waals surface area contributed by atoms with Gasteiger partial charge in [-0.25, -0.2) is 14.5 Å². The summed E-state index contributed by atoms with van der Waals surface area (Å²) in [5.41, 5.74) is 11.6. The number of rotatable bonds is 12. The van der Waals surface area contributed by atoms with Gasteiger partial charge >= 0.3 is 18.0 Å². The van der Waals surface area contributed by atoms with Crippen LogP contribution in [0.3, 0.4) is 0 Å². The van der Waals surface area contributed by atoms with Crippen molar-refractivity contribution in [2.45, 2.75) is 47.1 Å². The Labute approximate surface area is 212 Å². The summed E-state index contributed by atoms with van der Waals surface area (Å²) in [5, 5.41) is 2.71. The number of hydrogen-bond acceptors (Lipinski definition) is 7. The van der Waals surface area contributed by atoms with E-state index in [1.165, 1.54) is 0 Å². The lowest BCUT2D eigenvalue weighted by Gasteiger charge is -2.22. The van der Waals surface area contributed by atoms with Gasteiger partial charge in [-0.15, -0.1) is 5.53 Å². The number of methoxy groups -OCH3 is 1. The molecule has 4 amide bonds. The van der Waals surface area contributed by atoms with Crippen LogP contribution < -0.4 is 26.4 Å². The summed E-state index contributed by atoms with van der Waals surface area (Å²) in [6.45, 7) is 8.23. The Morgan fingerprint density at radius 1 is 1.03 bits per heavy atom. The maximum absolute atomic E-state index is 12.8. The van der Waals surface area contributed by atoms with Crippen LogP contribution in [0.15, 0.2) is 42.5 Å². The van der Waals surface area contributed by atoms with Crippen molar-refractivity contribution < 1.29 is 23.9 Å². The van der Waals surface area contributed by atoms with Gasteiger partial charge in [0.15, 0.2) is 0 Å². The predicted molar refractivity (Wildman–Crippen MR) is 138 cm³/mol. The van der Waals surface area contributed by atoms with E-state index in [4.69, 9.17) is 9.47 Å². The molecule has 0 aliphatic carbocycles. The highest BCUT2D eigenvalue weighted by Gasteiger charge is 2.22. The molecule has 0 fully saturated rings. The molecule has 0 spiro atoms. The van der Waals surface area contributed by atoms with E-state index in [2.05, 4.69) is 35.6 Å². The van der Waals surface area contributed by atoms with E-state index in [-0.39, 0.29) is 26.1 Å². The third-order valence-corrected chi connectivity index (χ3v) is 5.19. The third-order valence-electron chi connectivity index (χ3n) is 5.19. The highest BCUT2D eigenvalue weighted by molar-refractivity contribution is 5.93. The molecule has 0 atom stereocenters. The zero-order valence-corrected chi connectivity index (χ0v) is 21.6. The molecule has 0 heterocycles. The molecular formula is C26H37N5O5. The van der Waals surface area contributed by atoms with Crippen LogP contribution in [0.4, 0.5) is 15.3 Å². The van der Waals surface area contributed by atoms with Gasteiger partial charge in [-0.3, -0.25) is 10.2 Å². The normalized spacial score (nSPS) is 10.5. The number of ether oxygens (including phenoxy) is 2. The second-order valence-electron chi connectivity index (χ2n) is 8.66. The Balaban J connectivity index is 1.98. The summed E-state index contributed by atoms with van der Waals surface area (Å²) in [6, 6.07) is 11.9. The topological polar surface area (TPSA) is 121 Å². The predicted octanol–water partition coefficient (Wildman–Crippen LogP) is 3.91. The van der Waals surface area contributed by atoms with E-state index in [9.17, 15) is 14.4 Å². The fraction of sp³-hybridized carbons (Fsp3) is 0.423. The molecule has 0 unspecified atom stereocenters. The van der Waals surface area contributed by atoms with Crippen LogP contribution in [0, 0.1) is 12.8 Å². The molecule has 0 aliphatic heterocycles. The van der Waals surface area contributed by atoms with Gasteiger partial charge in [-0.2, -0.15) is 0 Å². The van der Waals surface area contributed by atoms with Crippen molar-refractivity contribution in [1.29, 1.82) is 0 Å². The number of urea groups is 2. The lowest BCUT2D eigenvalue weighted by atomic mass is 10.0. The van der Waals surface area contributed by atoms with Crippen LogP contribution in [0.1, 0.15) is 43.9 Å². The van der Waals surface area contributed by atoms with E-state index in [1.54, 1.807) is 14.0 Å². The minimum atomic E-state index is -0.739. The van der Waals surface area contributed by atoms with Gasteiger partial charge in [0.1, 0.15) is 5.75 Å². The third kappa shape index (κ3) is 9.46. The largest absolute Gasteiger partial charge is 0.496 e. The molecule has 0 aliphatic rings. The molecule has 36 heavy (non-hydrogen) atoms. The SMILES string of the molecule is CCOC(=O)CCN(C(=O)NCc1ccc(C)cc1)C(=O)NNNc1ccc(CC(C)C)c(OC)c1. The molecule has 0 saturated carbocycles. The number of hydrazine groups is 2. The van der Waals surface area contributed by atoms with Gasteiger partial charge in [0.05, 0.1) is 25.8 Å². The summed E-state index contributed by atoms with van der Waals surface area (Å²) < 4.78 is 10.4. The molecular weight excluding hydrogens is 462 g/mol. The molecule has 2 rings (SSSR count). The average molecular weight is 500 g/mol. The summed E-state index contributed by atoms with van der Waals surface area (Å²) in [4.78, 5) is 38.3. The number of hydrogen-bond donors (Lipinski definition) is 4. The maximum atomic E-state index is 12.8. The van der Waals surface area contributed by atoms with Crippen LogP contribution in [-0.2, 0) is 22.5 Å². The Bertz CT molecular complexity index is 1010. The van der Waals surface area contributed by atoms with Crippen LogP contribution in [-0.4, -0.2) is 43.2 Å². The highest BCUT2D eigenvalue weighted by atomic mass is 16.5. The zero-order chi connectivity index (χ0) is 26.5. The van der Waals surface area contributed by atoms with Crippen molar-refractivity contribution in [3.05, 3.63) is 59.2 Å². The lowest BCUT2D eigenvalue weighted by molar-refractivity contribution is -0.143. The summed E-state index contributed by atoms with van der Waals surface area (Å²) in [6.07, 6.45) is 0.752. The molecule has 10 heteroatoms. The quantitative estimate of drug-likeness (QED) is 0.258. The summed E-state index contributed by atoms with van der Waals surface area (Å²) in [5.74, 6) is 0.711. The Kier molecular flexibility index (Phi) is 11.5. The minimum absolute atomic E-state index is 0.124. The Hall–Kier alpha value is -3.79. The van der Waals surface area contributed by atoms with Crippen molar-refractivity contribution in [1.82, 2.24) is 21.2 Å². The number of anilines is 1. The zero-order valence-electron chi connectivity index (χ0n) is 21.6. The van der Waals surface area contributed by atoms with Gasteiger partial charge in [0.2, 0.25) is 0 Å². The first-order valence-corrected chi connectivity index (χ1v) is 12.0. The van der Waals surface area contributed by atoms with Crippen LogP contribution in [0.2, 0.25) is 0 Å². The summed E-state index contributed by atoms with van der Waals surface area (Å²) >= 11 is 0. The van der Waals surface area contributed by atoms with E-state index < -0.39 is 18.0 Å². The second kappa shape index (κ2) is 14.6. The number of nitrogens with zero attached hydrogens (tertiary/aromatic N) is 1. The van der Waals surface area contributed by atoms with Gasteiger partial charge < -0.3 is 20.2 Å². The molecule has 196 valence electrons. The number of esters is 1. The molecule has 10 nitrogen and oxygen atoms in total. The van der Waals surface area contributed by atoms with Gasteiger partial charge in [0.25, 0.3) is 0 Å². The average Bonchev–Trinajstić information content (AvgIpc) is 2.84. The molecule has 0 radical (unpaired) electrons.